The predicted molar refractivity (Wildman–Crippen MR) is 56.0 cm³/mol. The van der Waals surface area contributed by atoms with E-state index in [1.807, 2.05) is 0 Å². The molecular formula is C9H12N2O6. The highest BCUT2D eigenvalue weighted by Gasteiger charge is 2.52. The van der Waals surface area contributed by atoms with Gasteiger partial charge in [-0.2, -0.15) is 0 Å². The van der Waals surface area contributed by atoms with E-state index in [2.05, 4.69) is 16.6 Å². The van der Waals surface area contributed by atoms with Gasteiger partial charge in [-0.25, -0.2) is 0 Å². The van der Waals surface area contributed by atoms with Crippen LogP contribution in [0.4, 0.5) is 0 Å². The molecule has 94 valence electrons. The molecule has 0 saturated heterocycles. The van der Waals surface area contributed by atoms with Crippen molar-refractivity contribution in [2.75, 3.05) is 6.61 Å². The molecule has 0 N–H and O–H groups in total. The molecule has 0 bridgehead atoms. The summed E-state index contributed by atoms with van der Waals surface area (Å²) in [5, 5.41) is 21.0. The van der Waals surface area contributed by atoms with Crippen LogP contribution >= 0.6 is 0 Å². The van der Waals surface area contributed by atoms with Crippen LogP contribution in [-0.2, 0) is 9.53 Å². The van der Waals surface area contributed by atoms with E-state index in [0.717, 1.165) is 6.92 Å². The molecule has 0 aliphatic heterocycles. The molecule has 0 spiro atoms. The molecule has 0 aromatic rings. The van der Waals surface area contributed by atoms with Gasteiger partial charge in [0.25, 0.3) is 0 Å². The molecule has 0 fully saturated rings. The second-order valence-electron chi connectivity index (χ2n) is 3.32. The van der Waals surface area contributed by atoms with Gasteiger partial charge in [0.1, 0.15) is 9.85 Å². The Balaban J connectivity index is 4.32. The molecule has 8 nitrogen and oxygen atoms in total. The van der Waals surface area contributed by atoms with E-state index in [1.165, 1.54) is 0 Å². The van der Waals surface area contributed by atoms with Crippen molar-refractivity contribution in [3.63, 3.8) is 0 Å². The van der Waals surface area contributed by atoms with Crippen molar-refractivity contribution in [1.29, 1.82) is 0 Å². The third-order valence-electron chi connectivity index (χ3n) is 1.92. The zero-order chi connectivity index (χ0) is 13.5. The quantitative estimate of drug-likeness (QED) is 0.222. The highest BCUT2D eigenvalue weighted by molar-refractivity contribution is 5.69. The number of nitrogens with zero attached hydrogens (tertiary/aromatic N) is 2. The molecular weight excluding hydrogens is 232 g/mol. The zero-order valence-corrected chi connectivity index (χ0v) is 9.47. The number of carbonyl (C=O) groups is 1. The fourth-order valence-electron chi connectivity index (χ4n) is 0.751. The summed E-state index contributed by atoms with van der Waals surface area (Å²) in [4.78, 5) is 29.9. The summed E-state index contributed by atoms with van der Waals surface area (Å²) in [6.07, 6.45) is 0.204. The largest absolute Gasteiger partial charge is 0.488 e. The fraction of sp³-hybridized carbons (Fsp3) is 0.667. The number of carbonyl (C=O) groups excluding carboxylic acids is 1. The Labute approximate surface area is 97.2 Å². The van der Waals surface area contributed by atoms with E-state index in [0.29, 0.717) is 0 Å². The van der Waals surface area contributed by atoms with Crippen LogP contribution in [0.1, 0.15) is 26.7 Å². The number of ether oxygens (including phenoxy) is 1. The number of hydrogen-bond donors (Lipinski definition) is 0. The van der Waals surface area contributed by atoms with Gasteiger partial charge in [-0.05, 0) is 6.92 Å². The lowest BCUT2D eigenvalue weighted by atomic mass is 10.2. The average molecular weight is 244 g/mol. The molecule has 0 amide bonds. The highest BCUT2D eigenvalue weighted by atomic mass is 16.7. The van der Waals surface area contributed by atoms with E-state index >= 15 is 0 Å². The van der Waals surface area contributed by atoms with Crippen molar-refractivity contribution in [3.05, 3.63) is 20.2 Å². The van der Waals surface area contributed by atoms with Gasteiger partial charge in [-0.15, -0.1) is 11.8 Å². The summed E-state index contributed by atoms with van der Waals surface area (Å²) in [7, 11) is 0. The third-order valence-corrected chi connectivity index (χ3v) is 1.92. The minimum atomic E-state index is -2.51. The van der Waals surface area contributed by atoms with Gasteiger partial charge in [0.05, 0.1) is 13.3 Å². The van der Waals surface area contributed by atoms with Crippen LogP contribution in [0, 0.1) is 32.1 Å². The minimum Gasteiger partial charge on any atom is -0.450 e. The fourth-order valence-corrected chi connectivity index (χ4v) is 0.751. The number of nitro groups is 2. The summed E-state index contributed by atoms with van der Waals surface area (Å²) >= 11 is 0. The lowest BCUT2D eigenvalue weighted by Crippen LogP contribution is -2.47. The van der Waals surface area contributed by atoms with Gasteiger partial charge in [-0.1, -0.05) is 0 Å². The van der Waals surface area contributed by atoms with Gasteiger partial charge in [-0.3, -0.25) is 25.0 Å². The van der Waals surface area contributed by atoms with Gasteiger partial charge in [0.15, 0.2) is 0 Å². The van der Waals surface area contributed by atoms with E-state index in [1.54, 1.807) is 6.92 Å². The van der Waals surface area contributed by atoms with Crippen molar-refractivity contribution >= 4 is 5.97 Å². The Bertz CT molecular complexity index is 367. The van der Waals surface area contributed by atoms with Crippen LogP contribution in [0.3, 0.4) is 0 Å². The van der Waals surface area contributed by atoms with Crippen molar-refractivity contribution in [2.24, 2.45) is 0 Å². The molecule has 0 rings (SSSR count). The molecule has 17 heavy (non-hydrogen) atoms. The van der Waals surface area contributed by atoms with Crippen LogP contribution in [0.25, 0.3) is 0 Å². The van der Waals surface area contributed by atoms with Crippen molar-refractivity contribution < 1.29 is 19.4 Å². The first-order valence-corrected chi connectivity index (χ1v) is 4.69. The highest BCUT2D eigenvalue weighted by Crippen LogP contribution is 2.11. The Morgan fingerprint density at radius 2 is 1.88 bits per heavy atom. The van der Waals surface area contributed by atoms with Crippen LogP contribution in [0.15, 0.2) is 0 Å². The SMILES string of the molecule is CC#CCCC(=O)OCC(C)([N+](=O)[O-])[N+](=O)[O-]. The molecule has 0 heterocycles. The second-order valence-corrected chi connectivity index (χ2v) is 3.32. The summed E-state index contributed by atoms with van der Waals surface area (Å²) in [5.41, 5.74) is -2.51. The summed E-state index contributed by atoms with van der Waals surface area (Å²) < 4.78 is 4.49. The molecule has 0 aliphatic rings. The third kappa shape index (κ3) is 4.46. The van der Waals surface area contributed by atoms with Crippen LogP contribution in [0.2, 0.25) is 0 Å². The van der Waals surface area contributed by atoms with E-state index < -0.39 is 28.1 Å². The Kier molecular flexibility index (Phi) is 5.60. The number of esters is 1. The monoisotopic (exact) mass is 244 g/mol. The molecule has 0 saturated carbocycles. The topological polar surface area (TPSA) is 113 Å². The maximum Gasteiger partial charge on any atom is 0.488 e. The Hall–Kier alpha value is -2.17. The van der Waals surface area contributed by atoms with E-state index in [9.17, 15) is 25.0 Å². The smallest absolute Gasteiger partial charge is 0.450 e. The van der Waals surface area contributed by atoms with Crippen molar-refractivity contribution in [3.8, 4) is 11.8 Å². The maximum atomic E-state index is 11.1. The molecule has 0 aromatic carbocycles. The first-order chi connectivity index (χ1) is 7.84. The standard InChI is InChI=1S/C9H12N2O6/c1-3-4-5-6-8(12)17-7-9(2,10(13)14)11(15)16/h5-7H2,1-2H3. The summed E-state index contributed by atoms with van der Waals surface area (Å²) in [6.45, 7) is 1.49. The molecule has 0 atom stereocenters. The Morgan fingerprint density at radius 3 is 2.29 bits per heavy atom. The molecule has 0 aromatic heterocycles. The Morgan fingerprint density at radius 1 is 1.35 bits per heavy atom. The first kappa shape index (κ1) is 14.8. The van der Waals surface area contributed by atoms with Crippen molar-refractivity contribution in [2.45, 2.75) is 32.4 Å². The molecule has 0 aliphatic carbocycles. The van der Waals surface area contributed by atoms with E-state index in [-0.39, 0.29) is 12.8 Å². The lowest BCUT2D eigenvalue weighted by Gasteiger charge is -2.12. The van der Waals surface area contributed by atoms with Gasteiger partial charge in [0.2, 0.25) is 6.61 Å². The van der Waals surface area contributed by atoms with Crippen LogP contribution in [0.5, 0.6) is 0 Å². The summed E-state index contributed by atoms with van der Waals surface area (Å²) in [6, 6.07) is 0. The number of hydrogen-bond acceptors (Lipinski definition) is 6. The van der Waals surface area contributed by atoms with E-state index in [4.69, 9.17) is 0 Å². The summed E-state index contributed by atoms with van der Waals surface area (Å²) in [5.74, 6) is 4.41. The zero-order valence-electron chi connectivity index (χ0n) is 9.47. The second kappa shape index (κ2) is 6.42. The lowest BCUT2D eigenvalue weighted by molar-refractivity contribution is -0.793. The maximum absolute atomic E-state index is 11.1. The van der Waals surface area contributed by atoms with Crippen LogP contribution in [-0.4, -0.2) is 28.1 Å². The van der Waals surface area contributed by atoms with Gasteiger partial charge >= 0.3 is 11.6 Å². The first-order valence-electron chi connectivity index (χ1n) is 4.69. The molecule has 0 radical (unpaired) electrons. The normalized spacial score (nSPS) is 10.0. The molecule has 8 heteroatoms. The van der Waals surface area contributed by atoms with Crippen molar-refractivity contribution in [1.82, 2.24) is 0 Å². The number of rotatable bonds is 6. The average Bonchev–Trinajstić information content (AvgIpc) is 2.25. The minimum absolute atomic E-state index is 0.0493. The van der Waals surface area contributed by atoms with Gasteiger partial charge < -0.3 is 4.74 Å². The van der Waals surface area contributed by atoms with Crippen LogP contribution < -0.4 is 0 Å². The predicted octanol–water partition coefficient (Wildman–Crippen LogP) is 0.603. The van der Waals surface area contributed by atoms with Gasteiger partial charge in [0, 0.05) is 6.42 Å². The molecule has 0 unspecified atom stereocenters.